The smallest absolute Gasteiger partial charge is 0.207 e. The van der Waals surface area contributed by atoms with Crippen LogP contribution in [0.5, 0.6) is 0 Å². The predicted molar refractivity (Wildman–Crippen MR) is 61.5 cm³/mol. The first kappa shape index (κ1) is 22.0. The average molecular weight is 362 g/mol. The van der Waals surface area contributed by atoms with Crippen molar-refractivity contribution in [2.75, 3.05) is 0 Å². The van der Waals surface area contributed by atoms with Crippen molar-refractivity contribution in [3.63, 3.8) is 0 Å². The number of halogens is 7. The maximum Gasteiger partial charge on any atom is 2.00 e. The van der Waals surface area contributed by atoms with E-state index < -0.39 is 7.81 Å². The second-order valence-electron chi connectivity index (χ2n) is 3.22. The van der Waals surface area contributed by atoms with E-state index in [0.29, 0.717) is 0 Å². The van der Waals surface area contributed by atoms with Gasteiger partial charge in [0.05, 0.1) is 0 Å². The van der Waals surface area contributed by atoms with E-state index in [4.69, 9.17) is 0 Å². The third-order valence-electron chi connectivity index (χ3n) is 1.29. The Bertz CT molecular complexity index is 339. The molecule has 0 bridgehead atoms. The minimum atomic E-state index is -10.7. The van der Waals surface area contributed by atoms with Crippen molar-refractivity contribution in [2.45, 2.75) is 0 Å². The van der Waals surface area contributed by atoms with Gasteiger partial charge in [-0.25, -0.2) is 4.39 Å². The average Bonchev–Trinajstić information content (AvgIpc) is 2.71. The molecule has 0 heterocycles. The Morgan fingerprint density at radius 3 is 1.00 bits per heavy atom. The van der Waals surface area contributed by atoms with Crippen molar-refractivity contribution in [1.29, 1.82) is 0 Å². The van der Waals surface area contributed by atoms with Crippen molar-refractivity contribution >= 4 is 7.81 Å². The zero-order valence-electron chi connectivity index (χ0n) is 9.72. The molecule has 0 saturated heterocycles. The van der Waals surface area contributed by atoms with Crippen LogP contribution in [0, 0.1) is 37.9 Å². The third kappa shape index (κ3) is 30.6. The van der Waals surface area contributed by atoms with Gasteiger partial charge in [0, 0.05) is 0 Å². The van der Waals surface area contributed by atoms with E-state index in [-0.39, 0.29) is 22.9 Å². The predicted octanol–water partition coefficient (Wildman–Crippen LogP) is 6.23. The first-order valence-corrected chi connectivity index (χ1v) is 6.81. The van der Waals surface area contributed by atoms with Crippen LogP contribution in [0.4, 0.5) is 29.6 Å². The summed E-state index contributed by atoms with van der Waals surface area (Å²) < 4.78 is 71.1. The molecule has 0 unspecified atom stereocenters. The van der Waals surface area contributed by atoms with Crippen molar-refractivity contribution in [1.82, 2.24) is 0 Å². The Kier molecular flexibility index (Phi) is 8.37. The Balaban J connectivity index is 0. The minimum Gasteiger partial charge on any atom is -0.207 e. The molecule has 1 aromatic rings. The molecule has 0 atom stereocenters. The van der Waals surface area contributed by atoms with Gasteiger partial charge in [0.1, 0.15) is 5.82 Å². The molecule has 1 fully saturated rings. The molecule has 20 heavy (non-hydrogen) atoms. The third-order valence-corrected chi connectivity index (χ3v) is 1.29. The normalized spacial score (nSPS) is 17.1. The summed E-state index contributed by atoms with van der Waals surface area (Å²) in [6, 6.07) is 7.94. The van der Waals surface area contributed by atoms with Crippen LogP contribution >= 0.6 is 7.81 Å². The maximum atomic E-state index is 11.9. The summed E-state index contributed by atoms with van der Waals surface area (Å²) in [5.41, 5.74) is 0. The topological polar surface area (TPSA) is 0 Å². The zero-order valence-corrected chi connectivity index (χ0v) is 11.7. The molecule has 0 N–H and O–H groups in total. The molecule has 0 aliphatic heterocycles. The fourth-order valence-electron chi connectivity index (χ4n) is 0.735. The van der Waals surface area contributed by atoms with E-state index in [1.165, 1.54) is 12.1 Å². The van der Waals surface area contributed by atoms with Gasteiger partial charge in [-0.2, -0.15) is 0 Å². The molecule has 2 rings (SSSR count). The molecular weight excluding hydrogens is 352 g/mol. The molecule has 0 spiro atoms. The second kappa shape index (κ2) is 7.62. The summed E-state index contributed by atoms with van der Waals surface area (Å²) in [6.07, 6.45) is 10.0. The molecule has 1 aliphatic carbocycles. The van der Waals surface area contributed by atoms with E-state index in [2.05, 4.69) is 0 Å². The van der Waals surface area contributed by atoms with Crippen molar-refractivity contribution in [3.05, 3.63) is 68.3 Å². The second-order valence-corrected chi connectivity index (χ2v) is 5.13. The van der Waals surface area contributed by atoms with Gasteiger partial charge in [0.2, 0.25) is 0 Å². The van der Waals surface area contributed by atoms with E-state index in [1.807, 2.05) is 32.1 Å². The van der Waals surface area contributed by atoms with Crippen LogP contribution in [0.3, 0.4) is 0 Å². The molecule has 0 amide bonds. The molecule has 5 radical (unpaired) electrons. The summed E-state index contributed by atoms with van der Waals surface area (Å²) in [7, 11) is -10.7. The van der Waals surface area contributed by atoms with Crippen LogP contribution in [0.1, 0.15) is 0 Å². The molecule has 9 heteroatoms. The zero-order chi connectivity index (χ0) is 15.1. The van der Waals surface area contributed by atoms with Gasteiger partial charge in [-0.05, 0) is 44.2 Å². The summed E-state index contributed by atoms with van der Waals surface area (Å²) in [5, 5.41) is 0. The van der Waals surface area contributed by atoms with Crippen LogP contribution in [0.2, 0.25) is 0 Å². The molecule has 1 aromatic carbocycles. The van der Waals surface area contributed by atoms with Gasteiger partial charge < -0.3 is 0 Å². The van der Waals surface area contributed by atoms with E-state index in [1.54, 1.807) is 18.2 Å². The van der Waals surface area contributed by atoms with E-state index >= 15 is 0 Å². The number of rotatable bonds is 0. The summed E-state index contributed by atoms with van der Waals surface area (Å²) in [5.74, 6) is -0.178. The van der Waals surface area contributed by atoms with Gasteiger partial charge in [-0.15, -0.1) is 0 Å². The van der Waals surface area contributed by atoms with Gasteiger partial charge in [-0.1, -0.05) is 18.2 Å². The van der Waals surface area contributed by atoms with Crippen LogP contribution in [-0.2, 0) is 17.1 Å². The van der Waals surface area contributed by atoms with E-state index in [9.17, 15) is 29.6 Å². The standard InChI is InChI=1S/C6H5F.C5H5.F6P.Fe/c7-6-4-2-1-3-5-6;1-2-4-5-3-1;1-7(2,3,4,5)6;/h1-5H;1-5H;;/q;;-1;+2. The fraction of sp³-hybridized carbons (Fsp3) is 0. The quantitative estimate of drug-likeness (QED) is 0.292. The van der Waals surface area contributed by atoms with Gasteiger partial charge in [0.15, 0.2) is 0 Å². The molecule has 1 saturated carbocycles. The Morgan fingerprint density at radius 1 is 0.600 bits per heavy atom. The molecule has 1 aliphatic rings. The first-order valence-electron chi connectivity index (χ1n) is 4.78. The fourth-order valence-corrected chi connectivity index (χ4v) is 0.735. The summed E-state index contributed by atoms with van der Waals surface area (Å²) in [6.45, 7) is 0. The summed E-state index contributed by atoms with van der Waals surface area (Å²) in [4.78, 5) is 0. The number of hydrogen-bond acceptors (Lipinski definition) is 0. The Hall–Kier alpha value is -0.321. The van der Waals surface area contributed by atoms with E-state index in [0.717, 1.165) is 0 Å². The Labute approximate surface area is 123 Å². The molecule has 0 nitrogen and oxygen atoms in total. The van der Waals surface area contributed by atoms with Crippen molar-refractivity contribution < 1.29 is 46.6 Å². The van der Waals surface area contributed by atoms with Gasteiger partial charge in [0.25, 0.3) is 0 Å². The van der Waals surface area contributed by atoms with Gasteiger partial charge in [-0.3, -0.25) is 0 Å². The first-order chi connectivity index (χ1) is 8.34. The largest absolute Gasteiger partial charge is 2.00 e. The molecule has 0 aromatic heterocycles. The minimum absolute atomic E-state index is 0. The van der Waals surface area contributed by atoms with Crippen LogP contribution in [0.25, 0.3) is 0 Å². The molecule has 115 valence electrons. The van der Waals surface area contributed by atoms with Crippen molar-refractivity contribution in [2.24, 2.45) is 0 Å². The number of hydrogen-bond donors (Lipinski definition) is 0. The monoisotopic (exact) mass is 362 g/mol. The van der Waals surface area contributed by atoms with Crippen LogP contribution < -0.4 is 0 Å². The van der Waals surface area contributed by atoms with Crippen LogP contribution in [-0.4, -0.2) is 0 Å². The van der Waals surface area contributed by atoms with Crippen molar-refractivity contribution in [3.8, 4) is 0 Å². The van der Waals surface area contributed by atoms with Crippen LogP contribution in [0.15, 0.2) is 30.3 Å². The molecular formula is C11H10F7FeP+. The maximum absolute atomic E-state index is 11.9. The van der Waals surface area contributed by atoms with Gasteiger partial charge >= 0.3 is 50.1 Å². The summed E-state index contributed by atoms with van der Waals surface area (Å²) >= 11 is 0. The number of benzene rings is 1. The SMILES string of the molecule is F[P-](F)(F)(F)(F)F.Fc1ccccc1.[CH]1[CH][CH][CH][CH]1.[Fe+2]. The Morgan fingerprint density at radius 2 is 0.850 bits per heavy atom.